The van der Waals surface area contributed by atoms with Gasteiger partial charge >= 0.3 is 5.97 Å². The lowest BCUT2D eigenvalue weighted by atomic mass is 9.96. The second-order valence-electron chi connectivity index (χ2n) is 7.18. The van der Waals surface area contributed by atoms with Gasteiger partial charge in [-0.1, -0.05) is 53.5 Å². The zero-order valence-electron chi connectivity index (χ0n) is 15.3. The van der Waals surface area contributed by atoms with Crippen LogP contribution in [0.4, 0.5) is 5.69 Å². The first-order valence-electron chi connectivity index (χ1n) is 8.64. The van der Waals surface area contributed by atoms with Crippen molar-refractivity contribution in [3.05, 3.63) is 76.7 Å². The van der Waals surface area contributed by atoms with Gasteiger partial charge < -0.3 is 4.74 Å². The van der Waals surface area contributed by atoms with Crippen molar-refractivity contribution >= 4 is 17.2 Å². The monoisotopic (exact) mass is 351 g/mol. The molecule has 0 atom stereocenters. The van der Waals surface area contributed by atoms with Crippen LogP contribution >= 0.6 is 0 Å². The Labute approximate surface area is 153 Å². The molecule has 26 heavy (non-hydrogen) atoms. The van der Waals surface area contributed by atoms with Crippen LogP contribution in [0.2, 0.25) is 0 Å². The smallest absolute Gasteiger partial charge is 0.332 e. The van der Waals surface area contributed by atoms with Crippen LogP contribution in [0.5, 0.6) is 0 Å². The van der Waals surface area contributed by atoms with Gasteiger partial charge in [-0.25, -0.2) is 4.79 Å². The van der Waals surface area contributed by atoms with E-state index in [-0.39, 0.29) is 13.1 Å². The van der Waals surface area contributed by atoms with E-state index in [0.29, 0.717) is 5.69 Å². The maximum Gasteiger partial charge on any atom is 0.332 e. The number of nitroso groups, excluding NO2 is 1. The third-order valence-corrected chi connectivity index (χ3v) is 3.98. The molecule has 0 spiro atoms. The number of hydrogen-bond acceptors (Lipinski definition) is 3. The molecule has 0 saturated carbocycles. The summed E-state index contributed by atoms with van der Waals surface area (Å²) in [4.78, 5) is 25.7. The van der Waals surface area contributed by atoms with E-state index in [1.165, 1.54) is 5.01 Å². The third kappa shape index (κ3) is 3.99. The molecule has 0 saturated heterocycles. The number of benzene rings is 2. The summed E-state index contributed by atoms with van der Waals surface area (Å²) >= 11 is 0. The number of fused-ring (bicyclic) bond motifs is 1. The van der Waals surface area contributed by atoms with Crippen LogP contribution in [-0.2, 0) is 9.53 Å². The molecule has 0 aromatic heterocycles. The Hall–Kier alpha value is -2.95. The van der Waals surface area contributed by atoms with Gasteiger partial charge in [0.05, 0.1) is 4.91 Å². The second-order valence-corrected chi connectivity index (χ2v) is 7.18. The fourth-order valence-electron chi connectivity index (χ4n) is 2.98. The lowest BCUT2D eigenvalue weighted by Gasteiger charge is -2.21. The summed E-state index contributed by atoms with van der Waals surface area (Å²) in [6.07, 6.45) is 1.90. The molecule has 0 fully saturated rings. The minimum absolute atomic E-state index is 0.131. The lowest BCUT2D eigenvalue weighted by Crippen LogP contribution is -2.40. The molecule has 5 heteroatoms. The predicted molar refractivity (Wildman–Crippen MR) is 102 cm³/mol. The van der Waals surface area contributed by atoms with Crippen molar-refractivity contribution in [3.8, 4) is 0 Å². The van der Waals surface area contributed by atoms with Crippen LogP contribution in [0.1, 0.15) is 31.9 Å². The molecular weight excluding hydrogens is 328 g/mol. The van der Waals surface area contributed by atoms with E-state index in [1.807, 2.05) is 81.4 Å². The van der Waals surface area contributed by atoms with Crippen molar-refractivity contribution < 1.29 is 14.4 Å². The van der Waals surface area contributed by atoms with E-state index in [0.717, 1.165) is 21.6 Å². The van der Waals surface area contributed by atoms with Crippen LogP contribution < -0.4 is 5.01 Å². The minimum Gasteiger partial charge on any atom is -0.458 e. The maximum atomic E-state index is 12.6. The zero-order valence-corrected chi connectivity index (χ0v) is 15.3. The van der Waals surface area contributed by atoms with E-state index < -0.39 is 11.6 Å². The van der Waals surface area contributed by atoms with Gasteiger partial charge in [0, 0.05) is 5.56 Å². The summed E-state index contributed by atoms with van der Waals surface area (Å²) in [5, 5.41) is 1.44. The van der Waals surface area contributed by atoms with Crippen LogP contribution in [0.15, 0.2) is 60.7 Å². The van der Waals surface area contributed by atoms with Crippen molar-refractivity contribution in [2.24, 2.45) is 0 Å². The predicted octanol–water partition coefficient (Wildman–Crippen LogP) is 3.97. The average molecular weight is 351 g/mol. The van der Waals surface area contributed by atoms with Gasteiger partial charge in [-0.15, -0.1) is 0 Å². The fourth-order valence-corrected chi connectivity index (χ4v) is 2.98. The maximum absolute atomic E-state index is 12.6. The summed E-state index contributed by atoms with van der Waals surface area (Å²) in [5.41, 5.74) is 3.03. The number of hydrazine groups is 1. The fraction of sp³-hybridized carbons (Fsp3) is 0.286. The molecule has 2 aromatic carbocycles. The molecule has 0 aliphatic carbocycles. The molecule has 5 nitrogen and oxygen atoms in total. The Bertz CT molecular complexity index is 851. The molecule has 0 amide bonds. The SMILES string of the molecule is CC(C)(C)OC(=O)CN1c2ccccc2C(c2ccccc2)=CC[N+]1=O. The van der Waals surface area contributed by atoms with Crippen molar-refractivity contribution in [3.63, 3.8) is 0 Å². The Morgan fingerprint density at radius 1 is 1.08 bits per heavy atom. The highest BCUT2D eigenvalue weighted by atomic mass is 16.6. The molecular formula is C21H23N2O3+. The second kappa shape index (κ2) is 7.12. The highest BCUT2D eigenvalue weighted by Gasteiger charge is 2.32. The molecule has 134 valence electrons. The summed E-state index contributed by atoms with van der Waals surface area (Å²) in [7, 11) is 0. The normalized spacial score (nSPS) is 14.3. The van der Waals surface area contributed by atoms with E-state index in [4.69, 9.17) is 4.74 Å². The lowest BCUT2D eigenvalue weighted by molar-refractivity contribution is -0.550. The van der Waals surface area contributed by atoms with Crippen LogP contribution in [0, 0.1) is 4.91 Å². The van der Waals surface area contributed by atoms with Crippen molar-refractivity contribution in [1.82, 2.24) is 0 Å². The highest BCUT2D eigenvalue weighted by molar-refractivity contribution is 5.88. The molecule has 0 unspecified atom stereocenters. The molecule has 1 aliphatic heterocycles. The number of esters is 1. The Morgan fingerprint density at radius 3 is 2.42 bits per heavy atom. The summed E-state index contributed by atoms with van der Waals surface area (Å²) in [6, 6.07) is 17.5. The Balaban J connectivity index is 1.98. The largest absolute Gasteiger partial charge is 0.458 e. The van der Waals surface area contributed by atoms with Gasteiger partial charge in [-0.3, -0.25) is 0 Å². The number of para-hydroxylation sites is 1. The Kier molecular flexibility index (Phi) is 4.89. The first-order chi connectivity index (χ1) is 12.3. The van der Waals surface area contributed by atoms with Crippen molar-refractivity contribution in [1.29, 1.82) is 0 Å². The third-order valence-electron chi connectivity index (χ3n) is 3.98. The number of ether oxygens (including phenoxy) is 1. The van der Waals surface area contributed by atoms with E-state index >= 15 is 0 Å². The first kappa shape index (κ1) is 17.9. The van der Waals surface area contributed by atoms with Crippen molar-refractivity contribution in [2.75, 3.05) is 18.1 Å². The van der Waals surface area contributed by atoms with Crippen LogP contribution in [-0.4, -0.2) is 29.5 Å². The molecule has 0 N–H and O–H groups in total. The minimum atomic E-state index is -0.594. The topological polar surface area (TPSA) is 49.6 Å². The average Bonchev–Trinajstić information content (AvgIpc) is 2.72. The van der Waals surface area contributed by atoms with Gasteiger partial charge in [0.1, 0.15) is 16.2 Å². The first-order valence-corrected chi connectivity index (χ1v) is 8.64. The number of anilines is 1. The molecule has 1 aliphatic rings. The number of nitrogens with zero attached hydrogens (tertiary/aromatic N) is 2. The van der Waals surface area contributed by atoms with Crippen LogP contribution in [0.25, 0.3) is 5.57 Å². The van der Waals surface area contributed by atoms with Gasteiger partial charge in [0.15, 0.2) is 6.54 Å². The molecule has 3 rings (SSSR count). The molecule has 0 bridgehead atoms. The van der Waals surface area contributed by atoms with Gasteiger partial charge in [0.2, 0.25) is 6.54 Å². The van der Waals surface area contributed by atoms with Gasteiger partial charge in [-0.2, -0.15) is 0 Å². The van der Waals surface area contributed by atoms with Crippen molar-refractivity contribution in [2.45, 2.75) is 26.4 Å². The number of rotatable bonds is 3. The molecule has 1 heterocycles. The number of carbonyl (C=O) groups excluding carboxylic acids is 1. The van der Waals surface area contributed by atoms with Crippen LogP contribution in [0.3, 0.4) is 0 Å². The van der Waals surface area contributed by atoms with E-state index in [1.54, 1.807) is 0 Å². The van der Waals surface area contributed by atoms with Gasteiger partial charge in [-0.05, 0) is 44.1 Å². The molecule has 2 aromatic rings. The summed E-state index contributed by atoms with van der Waals surface area (Å²) in [6.45, 7) is 5.46. The molecule has 0 radical (unpaired) electrons. The van der Waals surface area contributed by atoms with E-state index in [2.05, 4.69) is 0 Å². The van der Waals surface area contributed by atoms with Gasteiger partial charge in [0.25, 0.3) is 0 Å². The number of hydrogen-bond donors (Lipinski definition) is 0. The summed E-state index contributed by atoms with van der Waals surface area (Å²) in [5.74, 6) is -0.434. The quantitative estimate of drug-likeness (QED) is 0.620. The zero-order chi connectivity index (χ0) is 18.7. The Morgan fingerprint density at radius 2 is 1.73 bits per heavy atom. The highest BCUT2D eigenvalue weighted by Crippen LogP contribution is 2.33. The van der Waals surface area contributed by atoms with E-state index in [9.17, 15) is 9.70 Å². The standard InChI is InChI=1S/C21H23N2O3/c1-21(2,3)26-20(24)15-22-19-12-8-7-11-18(19)17(13-14-23(22)25)16-9-5-4-6-10-16/h4-13H,14-15H2,1-3H3/q+1. The summed E-state index contributed by atoms with van der Waals surface area (Å²) < 4.78 is 5.39. The number of carbonyl (C=O) groups is 1.